The van der Waals surface area contributed by atoms with Crippen LogP contribution in [0.5, 0.6) is 5.75 Å². The zero-order valence-electron chi connectivity index (χ0n) is 14.5. The molecule has 7 nitrogen and oxygen atoms in total. The minimum absolute atomic E-state index is 0.00107. The Kier molecular flexibility index (Phi) is 4.42. The van der Waals surface area contributed by atoms with Crippen LogP contribution in [0.3, 0.4) is 0 Å². The van der Waals surface area contributed by atoms with E-state index in [-0.39, 0.29) is 10.6 Å². The molecule has 9 heteroatoms. The van der Waals surface area contributed by atoms with Crippen LogP contribution in [0.2, 0.25) is 0 Å². The minimum atomic E-state index is -3.78. The van der Waals surface area contributed by atoms with Gasteiger partial charge in [-0.15, -0.1) is 11.3 Å². The van der Waals surface area contributed by atoms with Gasteiger partial charge in [-0.2, -0.15) is 0 Å². The molecule has 0 saturated carbocycles. The van der Waals surface area contributed by atoms with Crippen LogP contribution in [0.25, 0.3) is 27.5 Å². The second-order valence-electron chi connectivity index (χ2n) is 6.09. The molecule has 0 aliphatic carbocycles. The highest BCUT2D eigenvalue weighted by Crippen LogP contribution is 2.40. The maximum Gasteiger partial charge on any atom is 0.238 e. The van der Waals surface area contributed by atoms with Gasteiger partial charge in [-0.3, -0.25) is 4.57 Å². The van der Waals surface area contributed by atoms with Crippen LogP contribution in [-0.4, -0.2) is 23.1 Å². The van der Waals surface area contributed by atoms with Crippen molar-refractivity contribution in [3.8, 4) is 33.3 Å². The van der Waals surface area contributed by atoms with E-state index in [9.17, 15) is 13.5 Å². The quantitative estimate of drug-likeness (QED) is 0.475. The topological polar surface area (TPSA) is 124 Å². The van der Waals surface area contributed by atoms with Gasteiger partial charge in [0.2, 0.25) is 10.0 Å². The van der Waals surface area contributed by atoms with Gasteiger partial charge in [0.1, 0.15) is 16.6 Å². The molecule has 4 rings (SSSR count). The number of thiazole rings is 1. The fourth-order valence-corrected chi connectivity index (χ4v) is 4.27. The second-order valence-corrected chi connectivity index (χ2v) is 8.51. The van der Waals surface area contributed by atoms with Gasteiger partial charge in [0.05, 0.1) is 22.3 Å². The van der Waals surface area contributed by atoms with E-state index < -0.39 is 10.0 Å². The maximum atomic E-state index is 11.4. The lowest BCUT2D eigenvalue weighted by Gasteiger charge is -2.07. The average molecular weight is 412 g/mol. The third-order valence-corrected chi connectivity index (χ3v) is 6.04. The molecule has 0 aliphatic heterocycles. The highest BCUT2D eigenvalue weighted by molar-refractivity contribution is 7.89. The summed E-state index contributed by atoms with van der Waals surface area (Å²) in [4.78, 5) is 4.59. The van der Waals surface area contributed by atoms with Crippen LogP contribution in [-0.2, 0) is 10.0 Å². The summed E-state index contributed by atoms with van der Waals surface area (Å²) >= 11 is 1.38. The SMILES string of the molecule is Nc1c(-c2nc(-c3ccccc3)cs2)c(O)cn1-c1ccc(S(N)(=O)=O)cc1. The molecular weight excluding hydrogens is 396 g/mol. The van der Waals surface area contributed by atoms with Crippen molar-refractivity contribution in [1.29, 1.82) is 0 Å². The van der Waals surface area contributed by atoms with Crippen LogP contribution >= 0.6 is 11.3 Å². The zero-order chi connectivity index (χ0) is 19.9. The standard InChI is InChI=1S/C19H16N4O3S2/c20-18-17(19-22-15(11-27-19)12-4-2-1-3-5-12)16(24)10-23(18)13-6-8-14(9-7-13)28(21,25)26/h1-11,24H,20H2,(H2,21,25,26). The molecular formula is C19H16N4O3S2. The zero-order valence-corrected chi connectivity index (χ0v) is 16.1. The highest BCUT2D eigenvalue weighted by Gasteiger charge is 2.19. The van der Waals surface area contributed by atoms with Crippen molar-refractivity contribution in [3.63, 3.8) is 0 Å². The highest BCUT2D eigenvalue weighted by atomic mass is 32.2. The molecule has 2 heterocycles. The smallest absolute Gasteiger partial charge is 0.238 e. The number of hydrogen-bond donors (Lipinski definition) is 3. The molecule has 0 spiro atoms. The Morgan fingerprint density at radius 2 is 1.71 bits per heavy atom. The number of nitrogens with zero attached hydrogens (tertiary/aromatic N) is 2. The molecule has 2 aromatic carbocycles. The molecule has 0 amide bonds. The number of rotatable bonds is 4. The Morgan fingerprint density at radius 1 is 1.04 bits per heavy atom. The van der Waals surface area contributed by atoms with E-state index in [1.807, 2.05) is 35.7 Å². The van der Waals surface area contributed by atoms with E-state index in [2.05, 4.69) is 4.98 Å². The summed E-state index contributed by atoms with van der Waals surface area (Å²) in [6, 6.07) is 15.6. The Bertz CT molecular complexity index is 1240. The van der Waals surface area contributed by atoms with E-state index in [1.54, 1.807) is 16.7 Å². The first-order valence-electron chi connectivity index (χ1n) is 8.19. The van der Waals surface area contributed by atoms with Gasteiger partial charge in [-0.05, 0) is 24.3 Å². The number of hydrogen-bond acceptors (Lipinski definition) is 6. The van der Waals surface area contributed by atoms with E-state index >= 15 is 0 Å². The summed E-state index contributed by atoms with van der Waals surface area (Å²) < 4.78 is 24.4. The fraction of sp³-hybridized carbons (Fsp3) is 0. The number of nitrogens with two attached hydrogens (primary N) is 2. The van der Waals surface area contributed by atoms with Crippen LogP contribution in [0.1, 0.15) is 0 Å². The largest absolute Gasteiger partial charge is 0.506 e. The first-order valence-corrected chi connectivity index (χ1v) is 10.6. The van der Waals surface area contributed by atoms with Gasteiger partial charge < -0.3 is 10.8 Å². The average Bonchev–Trinajstić information content (AvgIpc) is 3.26. The number of anilines is 1. The van der Waals surface area contributed by atoms with Crippen molar-refractivity contribution in [2.75, 3.05) is 5.73 Å². The summed E-state index contributed by atoms with van der Waals surface area (Å²) in [6.45, 7) is 0. The van der Waals surface area contributed by atoms with Crippen molar-refractivity contribution in [3.05, 3.63) is 66.2 Å². The molecule has 4 aromatic rings. The van der Waals surface area contributed by atoms with Crippen molar-refractivity contribution >= 4 is 27.2 Å². The number of aromatic hydroxyl groups is 1. The number of benzene rings is 2. The third kappa shape index (κ3) is 3.26. The van der Waals surface area contributed by atoms with Gasteiger partial charge in [-0.25, -0.2) is 18.5 Å². The normalized spacial score (nSPS) is 11.6. The molecule has 5 N–H and O–H groups in total. The first-order chi connectivity index (χ1) is 13.3. The molecule has 0 bridgehead atoms. The molecule has 0 atom stereocenters. The Hall–Kier alpha value is -3.14. The Balaban J connectivity index is 1.74. The van der Waals surface area contributed by atoms with Crippen molar-refractivity contribution in [1.82, 2.24) is 9.55 Å². The Morgan fingerprint density at radius 3 is 2.36 bits per heavy atom. The van der Waals surface area contributed by atoms with Crippen molar-refractivity contribution in [2.24, 2.45) is 5.14 Å². The lowest BCUT2D eigenvalue weighted by molar-refractivity contribution is 0.477. The second kappa shape index (κ2) is 6.79. The van der Waals surface area contributed by atoms with Crippen LogP contribution in [0.15, 0.2) is 71.1 Å². The fourth-order valence-electron chi connectivity index (χ4n) is 2.87. The van der Waals surface area contributed by atoms with Crippen LogP contribution < -0.4 is 10.9 Å². The third-order valence-electron chi connectivity index (χ3n) is 4.25. The van der Waals surface area contributed by atoms with E-state index in [4.69, 9.17) is 10.9 Å². The summed E-state index contributed by atoms with van der Waals surface area (Å²) in [6.07, 6.45) is 1.47. The van der Waals surface area contributed by atoms with Gasteiger partial charge in [0.15, 0.2) is 0 Å². The van der Waals surface area contributed by atoms with Gasteiger partial charge >= 0.3 is 0 Å². The van der Waals surface area contributed by atoms with E-state index in [1.165, 1.54) is 29.7 Å². The maximum absolute atomic E-state index is 11.4. The lowest BCUT2D eigenvalue weighted by atomic mass is 10.2. The molecule has 0 aliphatic rings. The first kappa shape index (κ1) is 18.2. The van der Waals surface area contributed by atoms with E-state index in [0.717, 1.165) is 11.3 Å². The molecule has 0 saturated heterocycles. The monoisotopic (exact) mass is 412 g/mol. The molecule has 0 fully saturated rings. The van der Waals surface area contributed by atoms with Gasteiger partial charge in [0, 0.05) is 16.6 Å². The molecule has 2 aromatic heterocycles. The lowest BCUT2D eigenvalue weighted by Crippen LogP contribution is -2.12. The summed E-state index contributed by atoms with van der Waals surface area (Å²) in [5, 5.41) is 18.1. The van der Waals surface area contributed by atoms with Crippen LogP contribution in [0, 0.1) is 0 Å². The predicted molar refractivity (Wildman–Crippen MR) is 110 cm³/mol. The predicted octanol–water partition coefficient (Wildman–Crippen LogP) is 3.20. The Labute approximate surface area is 165 Å². The summed E-state index contributed by atoms with van der Waals surface area (Å²) in [5.74, 6) is 0.289. The summed E-state index contributed by atoms with van der Waals surface area (Å²) in [7, 11) is -3.78. The molecule has 0 radical (unpaired) electrons. The molecule has 28 heavy (non-hydrogen) atoms. The van der Waals surface area contributed by atoms with Gasteiger partial charge in [-0.1, -0.05) is 30.3 Å². The van der Waals surface area contributed by atoms with E-state index in [0.29, 0.717) is 22.1 Å². The number of aromatic nitrogens is 2. The van der Waals surface area contributed by atoms with Crippen molar-refractivity contribution < 1.29 is 13.5 Å². The van der Waals surface area contributed by atoms with Crippen molar-refractivity contribution in [2.45, 2.75) is 4.90 Å². The van der Waals surface area contributed by atoms with Gasteiger partial charge in [0.25, 0.3) is 0 Å². The minimum Gasteiger partial charge on any atom is -0.506 e. The molecule has 142 valence electrons. The summed E-state index contributed by atoms with van der Waals surface area (Å²) in [5.41, 5.74) is 9.06. The number of sulfonamides is 1. The molecule has 0 unspecified atom stereocenters. The number of nitrogen functional groups attached to an aromatic ring is 1. The number of primary sulfonamides is 1. The van der Waals surface area contributed by atoms with Crippen LogP contribution in [0.4, 0.5) is 5.82 Å².